The van der Waals surface area contributed by atoms with Crippen LogP contribution in [-0.4, -0.2) is 27.8 Å². The SMILES string of the molecule is CC(C)c1cc(-c2[c-]cccc2)nc[c]1[Ge]([CH3])([CH3])[CH3].[Ir].[c-]1cc2c(cc1-c1nc3ccccc3n1-c1ccccc1)oc1ccccc12. The summed E-state index contributed by atoms with van der Waals surface area (Å²) in [5, 5.41) is 2.18. The van der Waals surface area contributed by atoms with Crippen molar-refractivity contribution in [3.8, 4) is 28.3 Å². The van der Waals surface area contributed by atoms with E-state index in [-0.39, 0.29) is 20.1 Å². The van der Waals surface area contributed by atoms with Crippen molar-refractivity contribution in [3.05, 3.63) is 145 Å². The summed E-state index contributed by atoms with van der Waals surface area (Å²) in [6.45, 7) is 4.54. The van der Waals surface area contributed by atoms with Crippen LogP contribution in [0.3, 0.4) is 0 Å². The number of pyridine rings is 1. The molecule has 5 aromatic carbocycles. The summed E-state index contributed by atoms with van der Waals surface area (Å²) in [5.74, 6) is 8.69. The fraction of sp³-hybridized carbons (Fsp3) is 0.143. The Morgan fingerprint density at radius 3 is 2.21 bits per heavy atom. The molecule has 0 fully saturated rings. The van der Waals surface area contributed by atoms with Gasteiger partial charge >= 0.3 is 119 Å². The summed E-state index contributed by atoms with van der Waals surface area (Å²) >= 11 is -1.85. The Balaban J connectivity index is 0.000000177. The van der Waals surface area contributed by atoms with Gasteiger partial charge in [-0.2, -0.15) is 0 Å². The van der Waals surface area contributed by atoms with Crippen molar-refractivity contribution in [2.45, 2.75) is 37.0 Å². The van der Waals surface area contributed by atoms with Gasteiger partial charge in [0.25, 0.3) is 0 Å². The Bertz CT molecular complexity index is 2320. The number of imidazole rings is 1. The van der Waals surface area contributed by atoms with Gasteiger partial charge in [-0.3, -0.25) is 4.98 Å². The molecule has 6 heteroatoms. The Hall–Kier alpha value is -4.29. The minimum Gasteiger partial charge on any atom is -0.476 e. The van der Waals surface area contributed by atoms with E-state index >= 15 is 0 Å². The maximum absolute atomic E-state index is 6.08. The van der Waals surface area contributed by atoms with Gasteiger partial charge in [-0.1, -0.05) is 60.0 Å². The molecule has 241 valence electrons. The second-order valence-corrected chi connectivity index (χ2v) is 23.7. The van der Waals surface area contributed by atoms with Crippen molar-refractivity contribution in [3.63, 3.8) is 0 Å². The van der Waals surface area contributed by atoms with E-state index < -0.39 is 13.3 Å². The average molecular weight is 865 g/mol. The van der Waals surface area contributed by atoms with Crippen LogP contribution >= 0.6 is 0 Å². The number of benzene rings is 5. The molecule has 1 radical (unpaired) electrons. The molecule has 0 spiro atoms. The standard InChI is InChI=1S/C25H15N2O.C17H22GeN.Ir/c1-2-8-18(9-3-1)27-22-12-6-5-11-21(22)26-25(27)17-14-15-20-19-10-4-7-13-23(19)28-24(20)16-17;1-13(2)15-11-17(14-9-7-6-8-10-14)19-12-16(15)18(3,4)5;/h1-13,15-16H;6-9,11-13H,1-5H3;/q2*-1;. The Labute approximate surface area is 298 Å². The Morgan fingerprint density at radius 1 is 0.729 bits per heavy atom. The number of hydrogen-bond donors (Lipinski definition) is 0. The molecule has 4 nitrogen and oxygen atoms in total. The zero-order chi connectivity index (χ0) is 32.5. The van der Waals surface area contributed by atoms with Gasteiger partial charge < -0.3 is 8.98 Å². The van der Waals surface area contributed by atoms with Crippen LogP contribution in [0.15, 0.2) is 132 Å². The molecule has 0 aliphatic heterocycles. The van der Waals surface area contributed by atoms with E-state index in [1.165, 1.54) is 9.96 Å². The van der Waals surface area contributed by atoms with Crippen LogP contribution in [0.4, 0.5) is 0 Å². The van der Waals surface area contributed by atoms with Crippen LogP contribution in [-0.2, 0) is 20.1 Å². The number of furan rings is 1. The van der Waals surface area contributed by atoms with E-state index in [2.05, 4.69) is 95.4 Å². The Kier molecular flexibility index (Phi) is 9.84. The van der Waals surface area contributed by atoms with Crippen LogP contribution in [0.2, 0.25) is 17.3 Å². The molecule has 3 heterocycles. The van der Waals surface area contributed by atoms with Crippen molar-refractivity contribution in [1.82, 2.24) is 14.5 Å². The minimum absolute atomic E-state index is 0. The summed E-state index contributed by atoms with van der Waals surface area (Å²) in [5.41, 5.74) is 9.34. The van der Waals surface area contributed by atoms with Gasteiger partial charge in [0.15, 0.2) is 0 Å². The van der Waals surface area contributed by atoms with Gasteiger partial charge in [-0.15, -0.1) is 17.7 Å². The van der Waals surface area contributed by atoms with Gasteiger partial charge in [0.05, 0.1) is 22.4 Å². The molecule has 0 atom stereocenters. The number of fused-ring (bicyclic) bond motifs is 4. The predicted octanol–water partition coefficient (Wildman–Crippen LogP) is 10.6. The van der Waals surface area contributed by atoms with E-state index in [0.717, 1.165) is 61.3 Å². The molecule has 8 aromatic rings. The summed E-state index contributed by atoms with van der Waals surface area (Å²) in [6.07, 6.45) is 2.12. The fourth-order valence-corrected chi connectivity index (χ4v) is 9.63. The first-order valence-corrected chi connectivity index (χ1v) is 23.5. The third-order valence-electron chi connectivity index (χ3n) is 8.48. The smallest absolute Gasteiger partial charge is 0.123 e. The molecule has 0 aliphatic rings. The molecule has 0 saturated carbocycles. The van der Waals surface area contributed by atoms with Crippen LogP contribution in [0.25, 0.3) is 61.3 Å². The molecule has 0 amide bonds. The number of nitrogens with zero attached hydrogens (tertiary/aromatic N) is 3. The molecule has 0 unspecified atom stereocenters. The van der Waals surface area contributed by atoms with E-state index in [4.69, 9.17) is 9.40 Å². The number of hydrogen-bond acceptors (Lipinski definition) is 3. The van der Waals surface area contributed by atoms with Crippen molar-refractivity contribution in [2.75, 3.05) is 0 Å². The number of rotatable bonds is 5. The molecule has 3 aromatic heterocycles. The number of aromatic nitrogens is 3. The van der Waals surface area contributed by atoms with Crippen LogP contribution < -0.4 is 4.40 Å². The first-order chi connectivity index (χ1) is 22.8. The maximum Gasteiger partial charge on any atom is 0.123 e. The summed E-state index contributed by atoms with van der Waals surface area (Å²) in [7, 11) is 0. The van der Waals surface area contributed by atoms with E-state index in [1.54, 1.807) is 0 Å². The molecule has 0 saturated heterocycles. The first-order valence-electron chi connectivity index (χ1n) is 16.1. The van der Waals surface area contributed by atoms with Gasteiger partial charge in [0.2, 0.25) is 0 Å². The molecule has 0 bridgehead atoms. The summed E-state index contributed by atoms with van der Waals surface area (Å²) < 4.78 is 9.78. The maximum atomic E-state index is 6.08. The summed E-state index contributed by atoms with van der Waals surface area (Å²) in [6, 6.07) is 47.6. The molecular formula is C42H37GeIrN3O-2. The first kappa shape index (κ1) is 33.6. The van der Waals surface area contributed by atoms with Gasteiger partial charge in [-0.25, -0.2) is 0 Å². The second kappa shape index (κ2) is 14.1. The van der Waals surface area contributed by atoms with Crippen molar-refractivity contribution in [2.24, 2.45) is 0 Å². The zero-order valence-electron chi connectivity index (χ0n) is 27.8. The monoisotopic (exact) mass is 866 g/mol. The molecule has 0 N–H and O–H groups in total. The molecule has 8 rings (SSSR count). The fourth-order valence-electron chi connectivity index (χ4n) is 6.11. The van der Waals surface area contributed by atoms with Gasteiger partial charge in [0, 0.05) is 25.8 Å². The van der Waals surface area contributed by atoms with Crippen LogP contribution in [0.1, 0.15) is 25.3 Å². The van der Waals surface area contributed by atoms with Crippen LogP contribution in [0.5, 0.6) is 0 Å². The third kappa shape index (κ3) is 6.68. The molecule has 48 heavy (non-hydrogen) atoms. The second-order valence-electron chi connectivity index (χ2n) is 13.2. The van der Waals surface area contributed by atoms with Crippen molar-refractivity contribution >= 4 is 50.6 Å². The van der Waals surface area contributed by atoms with E-state index in [0.29, 0.717) is 5.92 Å². The van der Waals surface area contributed by atoms with Gasteiger partial charge in [-0.05, 0) is 35.7 Å². The third-order valence-corrected chi connectivity index (χ3v) is 12.7. The molecule has 0 aliphatic carbocycles. The van der Waals surface area contributed by atoms with E-state index in [1.807, 2.05) is 84.9 Å². The van der Waals surface area contributed by atoms with Crippen molar-refractivity contribution < 1.29 is 24.5 Å². The van der Waals surface area contributed by atoms with Gasteiger partial charge in [0.1, 0.15) is 5.58 Å². The molecular weight excluding hydrogens is 827 g/mol. The zero-order valence-corrected chi connectivity index (χ0v) is 32.3. The minimum atomic E-state index is -1.85. The van der Waals surface area contributed by atoms with Crippen molar-refractivity contribution in [1.29, 1.82) is 0 Å². The predicted molar refractivity (Wildman–Crippen MR) is 198 cm³/mol. The summed E-state index contributed by atoms with van der Waals surface area (Å²) in [4.78, 5) is 9.58. The normalized spacial score (nSPS) is 11.5. The largest absolute Gasteiger partial charge is 0.476 e. The van der Waals surface area contributed by atoms with E-state index in [9.17, 15) is 0 Å². The topological polar surface area (TPSA) is 43.9 Å². The van der Waals surface area contributed by atoms with Crippen LogP contribution in [0, 0.1) is 12.1 Å². The average Bonchev–Trinajstić information content (AvgIpc) is 3.67. The Morgan fingerprint density at radius 2 is 1.46 bits per heavy atom. The number of para-hydroxylation sites is 4. The quantitative estimate of drug-likeness (QED) is 0.128.